The smallest absolute Gasteiger partial charge is 0.388 e. The number of diazo groups is 2. The van der Waals surface area contributed by atoms with Crippen molar-refractivity contribution in [3.05, 3.63) is 46.4 Å². The lowest BCUT2D eigenvalue weighted by Crippen LogP contribution is -1.91. The molecule has 0 aromatic heterocycles. The minimum atomic E-state index is 0.395. The fraction of sp³-hybridized carbons (Fsp3) is 0.143. The summed E-state index contributed by atoms with van der Waals surface area (Å²) in [4.78, 5) is 6.25. The molecule has 0 unspecified atom stereocenters. The standard InChI is InChI=1S/C14H12N4O2/c1-19-13-7-9(17-15)3-5-11(13)12-6-4-10(18-16)8-14(12)20-2/h3-8H,1-2H3/q+2. The van der Waals surface area contributed by atoms with Crippen molar-refractivity contribution in [2.24, 2.45) is 0 Å². The highest BCUT2D eigenvalue weighted by Crippen LogP contribution is 2.39. The average molecular weight is 268 g/mol. The predicted molar refractivity (Wildman–Crippen MR) is 74.5 cm³/mol. The van der Waals surface area contributed by atoms with E-state index < -0.39 is 0 Å². The Kier molecular flexibility index (Phi) is 3.78. The number of benzene rings is 2. The van der Waals surface area contributed by atoms with E-state index in [9.17, 15) is 0 Å². The van der Waals surface area contributed by atoms with Gasteiger partial charge in [-0.2, -0.15) is 0 Å². The third-order valence-electron chi connectivity index (χ3n) is 2.89. The SMILES string of the molecule is COc1cc([N+]#N)ccc1-c1ccc([N+]#N)cc1OC. The first-order valence-electron chi connectivity index (χ1n) is 5.80. The lowest BCUT2D eigenvalue weighted by molar-refractivity contribution is 0.410. The molecule has 2 rings (SSSR count). The largest absolute Gasteiger partial charge is 0.496 e. The van der Waals surface area contributed by atoms with Gasteiger partial charge in [0.2, 0.25) is 10.8 Å². The summed E-state index contributed by atoms with van der Waals surface area (Å²) in [5, 5.41) is 17.6. The van der Waals surface area contributed by atoms with E-state index in [4.69, 9.17) is 20.3 Å². The van der Waals surface area contributed by atoms with Crippen LogP contribution >= 0.6 is 0 Å². The molecule has 2 aromatic carbocycles. The van der Waals surface area contributed by atoms with Crippen molar-refractivity contribution < 1.29 is 9.47 Å². The lowest BCUT2D eigenvalue weighted by atomic mass is 10.0. The molecular weight excluding hydrogens is 256 g/mol. The molecule has 20 heavy (non-hydrogen) atoms. The quantitative estimate of drug-likeness (QED) is 0.776. The monoisotopic (exact) mass is 268 g/mol. The first-order chi connectivity index (χ1) is 9.73. The number of methoxy groups -OCH3 is 2. The van der Waals surface area contributed by atoms with Gasteiger partial charge in [-0.25, -0.2) is 0 Å². The van der Waals surface area contributed by atoms with Crippen LogP contribution in [0.25, 0.3) is 21.1 Å². The van der Waals surface area contributed by atoms with Gasteiger partial charge in [-0.05, 0) is 12.1 Å². The van der Waals surface area contributed by atoms with Crippen molar-refractivity contribution in [2.45, 2.75) is 0 Å². The van der Waals surface area contributed by atoms with E-state index in [1.165, 1.54) is 14.2 Å². The fourth-order valence-corrected chi connectivity index (χ4v) is 1.93. The topological polar surface area (TPSA) is 74.8 Å². The minimum Gasteiger partial charge on any atom is -0.496 e. The Morgan fingerprint density at radius 1 is 0.750 bits per heavy atom. The van der Waals surface area contributed by atoms with Crippen LogP contribution < -0.4 is 9.47 Å². The summed E-state index contributed by atoms with van der Waals surface area (Å²) < 4.78 is 10.6. The highest BCUT2D eigenvalue weighted by molar-refractivity contribution is 5.79. The molecule has 0 spiro atoms. The number of hydrogen-bond acceptors (Lipinski definition) is 4. The molecule has 0 saturated heterocycles. The van der Waals surface area contributed by atoms with Crippen LogP contribution in [0.15, 0.2) is 36.4 Å². The van der Waals surface area contributed by atoms with Crippen LogP contribution in [0.4, 0.5) is 11.4 Å². The second-order valence-corrected chi connectivity index (χ2v) is 3.97. The molecule has 0 radical (unpaired) electrons. The van der Waals surface area contributed by atoms with Crippen molar-refractivity contribution in [1.82, 2.24) is 0 Å². The van der Waals surface area contributed by atoms with E-state index in [2.05, 4.69) is 9.95 Å². The van der Waals surface area contributed by atoms with Gasteiger partial charge in [-0.15, -0.1) is 0 Å². The zero-order valence-corrected chi connectivity index (χ0v) is 11.1. The Hall–Kier alpha value is -3.12. The molecule has 0 amide bonds. The van der Waals surface area contributed by atoms with Crippen LogP contribution in [-0.4, -0.2) is 14.2 Å². The zero-order chi connectivity index (χ0) is 14.5. The van der Waals surface area contributed by atoms with Gasteiger partial charge >= 0.3 is 11.4 Å². The first-order valence-corrected chi connectivity index (χ1v) is 5.80. The molecule has 2 aromatic rings. The van der Waals surface area contributed by atoms with Crippen LogP contribution in [0, 0.1) is 10.8 Å². The minimum absolute atomic E-state index is 0.395. The number of rotatable bonds is 3. The maximum atomic E-state index is 8.79. The van der Waals surface area contributed by atoms with Gasteiger partial charge < -0.3 is 9.47 Å². The molecule has 0 aliphatic heterocycles. The Morgan fingerprint density at radius 3 is 1.45 bits per heavy atom. The van der Waals surface area contributed by atoms with Gasteiger partial charge in [0.15, 0.2) is 9.95 Å². The second-order valence-electron chi connectivity index (χ2n) is 3.97. The first kappa shape index (κ1) is 13.3. The second kappa shape index (κ2) is 5.68. The Labute approximate surface area is 115 Å². The maximum Gasteiger partial charge on any atom is 0.388 e. The zero-order valence-electron chi connectivity index (χ0n) is 11.1. The van der Waals surface area contributed by atoms with E-state index in [1.807, 2.05) is 0 Å². The van der Waals surface area contributed by atoms with Crippen molar-refractivity contribution in [3.8, 4) is 22.6 Å². The van der Waals surface area contributed by atoms with Crippen LogP contribution in [0.1, 0.15) is 0 Å². The summed E-state index contributed by atoms with van der Waals surface area (Å²) in [7, 11) is 3.06. The van der Waals surface area contributed by atoms with Gasteiger partial charge in [-0.1, -0.05) is 0 Å². The van der Waals surface area contributed by atoms with Crippen molar-refractivity contribution in [3.63, 3.8) is 0 Å². The number of nitrogens with zero attached hydrogens (tertiary/aromatic N) is 4. The molecule has 0 aliphatic rings. The van der Waals surface area contributed by atoms with Crippen LogP contribution in [-0.2, 0) is 0 Å². The van der Waals surface area contributed by atoms with E-state index in [-0.39, 0.29) is 0 Å². The molecule has 0 heterocycles. The molecule has 0 atom stereocenters. The van der Waals surface area contributed by atoms with Crippen molar-refractivity contribution in [2.75, 3.05) is 14.2 Å². The fourth-order valence-electron chi connectivity index (χ4n) is 1.93. The molecule has 98 valence electrons. The van der Waals surface area contributed by atoms with E-state index in [0.29, 0.717) is 22.9 Å². The predicted octanol–water partition coefficient (Wildman–Crippen LogP) is 4.34. The van der Waals surface area contributed by atoms with Gasteiger partial charge in [-0.3, -0.25) is 0 Å². The number of ether oxygens (including phenoxy) is 2. The van der Waals surface area contributed by atoms with Gasteiger partial charge in [0.05, 0.1) is 26.4 Å². The molecule has 0 aliphatic carbocycles. The van der Waals surface area contributed by atoms with Gasteiger partial charge in [0.25, 0.3) is 0 Å². The molecular formula is C14H12N4O2+2. The molecule has 0 N–H and O–H groups in total. The normalized spacial score (nSPS) is 9.40. The lowest BCUT2D eigenvalue weighted by Gasteiger charge is -2.10. The molecule has 0 fully saturated rings. The summed E-state index contributed by atoms with van der Waals surface area (Å²) in [6.07, 6.45) is 0. The van der Waals surface area contributed by atoms with Crippen LogP contribution in [0.5, 0.6) is 11.5 Å². The van der Waals surface area contributed by atoms with E-state index in [1.54, 1.807) is 36.4 Å². The third-order valence-corrected chi connectivity index (χ3v) is 2.89. The van der Waals surface area contributed by atoms with E-state index >= 15 is 0 Å². The molecule has 6 heteroatoms. The third kappa shape index (κ3) is 2.36. The summed E-state index contributed by atoms with van der Waals surface area (Å²) in [6, 6.07) is 10.1. The highest BCUT2D eigenvalue weighted by Gasteiger charge is 2.18. The van der Waals surface area contributed by atoms with Crippen molar-refractivity contribution in [1.29, 1.82) is 10.8 Å². The maximum absolute atomic E-state index is 8.79. The average Bonchev–Trinajstić information content (AvgIpc) is 2.53. The molecule has 0 bridgehead atoms. The van der Waals surface area contributed by atoms with Gasteiger partial charge in [0.1, 0.15) is 11.5 Å². The van der Waals surface area contributed by atoms with Crippen molar-refractivity contribution >= 4 is 11.4 Å². The van der Waals surface area contributed by atoms with Crippen LogP contribution in [0.2, 0.25) is 0 Å². The van der Waals surface area contributed by atoms with Crippen LogP contribution in [0.3, 0.4) is 0 Å². The number of hydrogen-bond donors (Lipinski definition) is 0. The Balaban J connectivity index is 2.63. The molecule has 0 saturated carbocycles. The van der Waals surface area contributed by atoms with Gasteiger partial charge in [0, 0.05) is 23.3 Å². The molecule has 6 nitrogen and oxygen atoms in total. The van der Waals surface area contributed by atoms with E-state index in [0.717, 1.165) is 11.1 Å². The summed E-state index contributed by atoms with van der Waals surface area (Å²) >= 11 is 0. The Morgan fingerprint density at radius 2 is 1.15 bits per heavy atom. The Bertz CT molecular complexity index is 665. The highest BCUT2D eigenvalue weighted by atomic mass is 16.5. The summed E-state index contributed by atoms with van der Waals surface area (Å²) in [5.41, 5.74) is 2.35. The summed E-state index contributed by atoms with van der Waals surface area (Å²) in [5.74, 6) is 1.10. The summed E-state index contributed by atoms with van der Waals surface area (Å²) in [6.45, 7) is 0.